The monoisotopic (exact) mass is 311 g/mol. The molecule has 0 saturated carbocycles. The number of rotatable bonds is 3. The predicted octanol–water partition coefficient (Wildman–Crippen LogP) is 3.63. The van der Waals surface area contributed by atoms with Crippen LogP contribution < -0.4 is 0 Å². The Morgan fingerprint density at radius 2 is 2.05 bits per heavy atom. The van der Waals surface area contributed by atoms with Crippen LogP contribution in [-0.2, 0) is 0 Å². The minimum absolute atomic E-state index is 0.0433. The molecular weight excluding hydrogens is 298 g/mol. The first-order chi connectivity index (χ1) is 10.8. The number of hydrogen-bond donors (Lipinski definition) is 1. The molecule has 1 aliphatic heterocycles. The molecule has 4 nitrogen and oxygen atoms in total. The Hall–Kier alpha value is -2.17. The first-order valence-corrected chi connectivity index (χ1v) is 7.52. The van der Waals surface area contributed by atoms with E-state index in [9.17, 15) is 5.11 Å². The number of aromatic nitrogens is 3. The Labute approximate surface area is 133 Å². The smallest absolute Gasteiger partial charge is 0.0956 e. The summed E-state index contributed by atoms with van der Waals surface area (Å²) in [5.74, 6) is 0. The van der Waals surface area contributed by atoms with Crippen molar-refractivity contribution in [1.29, 1.82) is 0 Å². The second-order valence-electron chi connectivity index (χ2n) is 5.44. The molecule has 3 heterocycles. The second kappa shape index (κ2) is 5.23. The van der Waals surface area contributed by atoms with E-state index in [4.69, 9.17) is 11.6 Å². The molecule has 0 spiro atoms. The van der Waals surface area contributed by atoms with E-state index in [-0.39, 0.29) is 6.04 Å². The van der Waals surface area contributed by atoms with Crippen molar-refractivity contribution in [3.63, 3.8) is 0 Å². The molecule has 0 bridgehead atoms. The molecule has 5 heteroatoms. The number of halogens is 1. The lowest BCUT2D eigenvalue weighted by atomic mass is 9.97. The number of aliphatic hydroxyl groups is 1. The van der Waals surface area contributed by atoms with E-state index in [1.165, 1.54) is 5.56 Å². The topological polar surface area (TPSA) is 50.9 Å². The third-order valence-corrected chi connectivity index (χ3v) is 4.55. The first kappa shape index (κ1) is 13.5. The normalized spacial score (nSPS) is 17.1. The number of fused-ring (bicyclic) bond motifs is 3. The quantitative estimate of drug-likeness (QED) is 0.803. The molecule has 2 atom stereocenters. The highest BCUT2D eigenvalue weighted by Crippen LogP contribution is 2.43. The average molecular weight is 312 g/mol. The van der Waals surface area contributed by atoms with Gasteiger partial charge in [0, 0.05) is 29.4 Å². The lowest BCUT2D eigenvalue weighted by Crippen LogP contribution is -2.10. The van der Waals surface area contributed by atoms with Crippen LogP contribution in [0.3, 0.4) is 0 Å². The summed E-state index contributed by atoms with van der Waals surface area (Å²) in [6.07, 6.45) is 7.19. The highest BCUT2D eigenvalue weighted by atomic mass is 35.5. The summed E-state index contributed by atoms with van der Waals surface area (Å²) >= 11 is 6.19. The van der Waals surface area contributed by atoms with E-state index in [0.717, 1.165) is 16.8 Å². The molecule has 0 amide bonds. The van der Waals surface area contributed by atoms with Gasteiger partial charge in [-0.2, -0.15) is 0 Å². The number of pyridine rings is 1. The van der Waals surface area contributed by atoms with Gasteiger partial charge in [0.15, 0.2) is 0 Å². The van der Waals surface area contributed by atoms with Crippen molar-refractivity contribution in [3.8, 4) is 11.3 Å². The molecule has 0 aliphatic carbocycles. The minimum Gasteiger partial charge on any atom is -0.388 e. The molecule has 1 aliphatic rings. The van der Waals surface area contributed by atoms with Gasteiger partial charge in [0.2, 0.25) is 0 Å². The maximum atomic E-state index is 10.6. The molecule has 1 N–H and O–H groups in total. The third kappa shape index (κ3) is 2.03. The zero-order valence-corrected chi connectivity index (χ0v) is 12.5. The summed E-state index contributed by atoms with van der Waals surface area (Å²) in [5, 5.41) is 11.2. The maximum Gasteiger partial charge on any atom is 0.0956 e. The lowest BCUT2D eigenvalue weighted by Gasteiger charge is -2.20. The van der Waals surface area contributed by atoms with Crippen LogP contribution in [0.15, 0.2) is 55.2 Å². The zero-order valence-electron chi connectivity index (χ0n) is 11.7. The van der Waals surface area contributed by atoms with Gasteiger partial charge in [0.05, 0.1) is 30.4 Å². The standard InChI is InChI=1S/C17H14ClN3O/c18-14-4-2-1-3-12(14)17(22)7-15-11-5-6-19-8-13(11)16-9-20-10-21(15)16/h1-6,8-10,15,17,22H,7H2. The van der Waals surface area contributed by atoms with Crippen molar-refractivity contribution in [1.82, 2.24) is 14.5 Å². The fourth-order valence-corrected chi connectivity index (χ4v) is 3.41. The number of imidazole rings is 1. The molecule has 0 radical (unpaired) electrons. The van der Waals surface area contributed by atoms with Gasteiger partial charge >= 0.3 is 0 Å². The van der Waals surface area contributed by atoms with Gasteiger partial charge in [-0.1, -0.05) is 29.8 Å². The summed E-state index contributed by atoms with van der Waals surface area (Å²) in [7, 11) is 0. The molecule has 0 saturated heterocycles. The SMILES string of the molecule is OC(CC1c2ccncc2-c2cncn21)c1ccccc1Cl. The van der Waals surface area contributed by atoms with Gasteiger partial charge in [0.1, 0.15) is 0 Å². The molecule has 110 valence electrons. The Kier molecular flexibility index (Phi) is 3.21. The van der Waals surface area contributed by atoms with Crippen molar-refractivity contribution < 1.29 is 5.11 Å². The molecule has 2 unspecified atom stereocenters. The average Bonchev–Trinajstić information content (AvgIpc) is 3.11. The van der Waals surface area contributed by atoms with Crippen molar-refractivity contribution in [2.75, 3.05) is 0 Å². The van der Waals surface area contributed by atoms with Crippen LogP contribution in [-0.4, -0.2) is 19.6 Å². The third-order valence-electron chi connectivity index (χ3n) is 4.20. The first-order valence-electron chi connectivity index (χ1n) is 7.14. The summed E-state index contributed by atoms with van der Waals surface area (Å²) < 4.78 is 2.09. The summed E-state index contributed by atoms with van der Waals surface area (Å²) in [6.45, 7) is 0. The molecule has 0 fully saturated rings. The molecule has 22 heavy (non-hydrogen) atoms. The second-order valence-corrected chi connectivity index (χ2v) is 5.85. The van der Waals surface area contributed by atoms with Crippen molar-refractivity contribution in [3.05, 3.63) is 71.4 Å². The number of benzene rings is 1. The van der Waals surface area contributed by atoms with Crippen LogP contribution in [0.2, 0.25) is 5.02 Å². The van der Waals surface area contributed by atoms with Gasteiger partial charge in [-0.3, -0.25) is 4.98 Å². The fraction of sp³-hybridized carbons (Fsp3) is 0.176. The zero-order chi connectivity index (χ0) is 15.1. The van der Waals surface area contributed by atoms with Crippen LogP contribution >= 0.6 is 11.6 Å². The summed E-state index contributed by atoms with van der Waals surface area (Å²) in [5.41, 5.74) is 4.04. The van der Waals surface area contributed by atoms with Crippen LogP contribution in [0.25, 0.3) is 11.3 Å². The number of aliphatic hydroxyl groups excluding tert-OH is 1. The van der Waals surface area contributed by atoms with Gasteiger partial charge in [-0.15, -0.1) is 0 Å². The van der Waals surface area contributed by atoms with E-state index in [0.29, 0.717) is 11.4 Å². The summed E-state index contributed by atoms with van der Waals surface area (Å²) in [4.78, 5) is 8.41. The highest BCUT2D eigenvalue weighted by molar-refractivity contribution is 6.31. The van der Waals surface area contributed by atoms with Gasteiger partial charge in [0.25, 0.3) is 0 Å². The molecule has 4 rings (SSSR count). The molecule has 3 aromatic rings. The minimum atomic E-state index is -0.631. The van der Waals surface area contributed by atoms with Crippen LogP contribution in [0, 0.1) is 0 Å². The number of hydrogen-bond acceptors (Lipinski definition) is 3. The molecule has 2 aromatic heterocycles. The maximum absolute atomic E-state index is 10.6. The predicted molar refractivity (Wildman–Crippen MR) is 84.6 cm³/mol. The van der Waals surface area contributed by atoms with Crippen molar-refractivity contribution >= 4 is 11.6 Å². The molecule has 1 aromatic carbocycles. The Balaban J connectivity index is 1.71. The Morgan fingerprint density at radius 1 is 1.18 bits per heavy atom. The van der Waals surface area contributed by atoms with Gasteiger partial charge < -0.3 is 9.67 Å². The van der Waals surface area contributed by atoms with Crippen molar-refractivity contribution in [2.24, 2.45) is 0 Å². The van der Waals surface area contributed by atoms with E-state index in [2.05, 4.69) is 14.5 Å². The van der Waals surface area contributed by atoms with Crippen LogP contribution in [0.1, 0.15) is 29.7 Å². The fourth-order valence-electron chi connectivity index (χ4n) is 3.15. The van der Waals surface area contributed by atoms with Gasteiger partial charge in [-0.05, 0) is 23.3 Å². The lowest BCUT2D eigenvalue weighted by molar-refractivity contribution is 0.154. The van der Waals surface area contributed by atoms with E-state index < -0.39 is 6.10 Å². The van der Waals surface area contributed by atoms with Gasteiger partial charge in [-0.25, -0.2) is 4.98 Å². The Morgan fingerprint density at radius 3 is 2.91 bits per heavy atom. The van der Waals surface area contributed by atoms with Crippen LogP contribution in [0.4, 0.5) is 0 Å². The van der Waals surface area contributed by atoms with Crippen molar-refractivity contribution in [2.45, 2.75) is 18.6 Å². The number of nitrogens with zero attached hydrogens (tertiary/aromatic N) is 3. The van der Waals surface area contributed by atoms with E-state index in [1.807, 2.05) is 36.7 Å². The van der Waals surface area contributed by atoms with Crippen LogP contribution in [0.5, 0.6) is 0 Å². The molecular formula is C17H14ClN3O. The van der Waals surface area contributed by atoms with E-state index >= 15 is 0 Å². The largest absolute Gasteiger partial charge is 0.388 e. The highest BCUT2D eigenvalue weighted by Gasteiger charge is 2.30. The Bertz CT molecular complexity index is 830. The summed E-state index contributed by atoms with van der Waals surface area (Å²) in [6, 6.07) is 9.47. The van der Waals surface area contributed by atoms with E-state index in [1.54, 1.807) is 18.6 Å².